The summed E-state index contributed by atoms with van der Waals surface area (Å²) in [6, 6.07) is 6.28. The first-order valence-corrected chi connectivity index (χ1v) is 5.81. The van der Waals surface area contributed by atoms with E-state index in [9.17, 15) is 9.18 Å². The third-order valence-corrected chi connectivity index (χ3v) is 3.02. The lowest BCUT2D eigenvalue weighted by atomic mass is 10.2. The molecule has 1 aromatic carbocycles. The summed E-state index contributed by atoms with van der Waals surface area (Å²) in [6.45, 7) is 0.156. The number of rotatable bonds is 4. The molecule has 4 nitrogen and oxygen atoms in total. The molecule has 0 unspecified atom stereocenters. The van der Waals surface area contributed by atoms with Crippen LogP contribution in [0.1, 0.15) is 18.4 Å². The van der Waals surface area contributed by atoms with Gasteiger partial charge in [0, 0.05) is 18.8 Å². The van der Waals surface area contributed by atoms with Gasteiger partial charge in [0.15, 0.2) is 0 Å². The first-order valence-electron chi connectivity index (χ1n) is 5.81. The average molecular weight is 247 g/mol. The highest BCUT2D eigenvalue weighted by Gasteiger charge is 2.29. The van der Waals surface area contributed by atoms with Gasteiger partial charge >= 0.3 is 0 Å². The predicted molar refractivity (Wildman–Crippen MR) is 65.4 cm³/mol. The number of hydrogen-bond acceptors (Lipinski definition) is 3. The zero-order valence-electron chi connectivity index (χ0n) is 10.1. The lowest BCUT2D eigenvalue weighted by Crippen LogP contribution is -2.33. The Balaban J connectivity index is 1.93. The van der Waals surface area contributed by atoms with E-state index < -0.39 is 5.82 Å². The van der Waals surface area contributed by atoms with Gasteiger partial charge in [-0.25, -0.2) is 4.39 Å². The Kier molecular flexibility index (Phi) is 3.47. The first kappa shape index (κ1) is 12.4. The Morgan fingerprint density at radius 2 is 2.33 bits per heavy atom. The van der Waals surface area contributed by atoms with Gasteiger partial charge in [-0.15, -0.1) is 0 Å². The lowest BCUT2D eigenvalue weighted by Gasteiger charge is -2.16. The smallest absolute Gasteiger partial charge is 0.241 e. The van der Waals surface area contributed by atoms with Gasteiger partial charge in [0.25, 0.3) is 0 Å². The van der Waals surface area contributed by atoms with Crippen LogP contribution >= 0.6 is 0 Å². The Bertz CT molecular complexity index is 505. The molecule has 0 atom stereocenters. The second-order valence-corrected chi connectivity index (χ2v) is 4.40. The number of carbonyl (C=O) groups is 1. The van der Waals surface area contributed by atoms with Crippen molar-refractivity contribution >= 4 is 11.6 Å². The summed E-state index contributed by atoms with van der Waals surface area (Å²) in [5.41, 5.74) is 0.550. The SMILES string of the molecule is CN(C(=O)CNc1ccc(F)c(C#N)c1)C1CC1. The summed E-state index contributed by atoms with van der Waals surface area (Å²) < 4.78 is 13.1. The van der Waals surface area contributed by atoms with Gasteiger partial charge < -0.3 is 10.2 Å². The molecule has 1 aromatic rings. The van der Waals surface area contributed by atoms with Crippen LogP contribution in [-0.4, -0.2) is 30.4 Å². The number of likely N-dealkylation sites (N-methyl/N-ethyl adjacent to an activating group) is 1. The van der Waals surface area contributed by atoms with Crippen LogP contribution in [0, 0.1) is 17.1 Å². The van der Waals surface area contributed by atoms with E-state index >= 15 is 0 Å². The molecule has 18 heavy (non-hydrogen) atoms. The maximum absolute atomic E-state index is 13.1. The Morgan fingerprint density at radius 1 is 1.61 bits per heavy atom. The summed E-state index contributed by atoms with van der Waals surface area (Å²) in [5.74, 6) is -0.551. The third-order valence-electron chi connectivity index (χ3n) is 3.02. The molecule has 0 bridgehead atoms. The van der Waals surface area contributed by atoms with Crippen molar-refractivity contribution in [1.82, 2.24) is 4.90 Å². The molecule has 0 aromatic heterocycles. The highest BCUT2D eigenvalue weighted by atomic mass is 19.1. The van der Waals surface area contributed by atoms with Gasteiger partial charge in [-0.1, -0.05) is 0 Å². The van der Waals surface area contributed by atoms with E-state index in [1.165, 1.54) is 18.2 Å². The van der Waals surface area contributed by atoms with Gasteiger partial charge in [0.1, 0.15) is 11.9 Å². The van der Waals surface area contributed by atoms with Crippen LogP contribution in [-0.2, 0) is 4.79 Å². The van der Waals surface area contributed by atoms with Gasteiger partial charge in [-0.2, -0.15) is 5.26 Å². The Morgan fingerprint density at radius 3 is 2.94 bits per heavy atom. The van der Waals surface area contributed by atoms with E-state index in [4.69, 9.17) is 5.26 Å². The average Bonchev–Trinajstić information content (AvgIpc) is 3.20. The molecule has 0 spiro atoms. The summed E-state index contributed by atoms with van der Waals surface area (Å²) in [5, 5.41) is 11.6. The monoisotopic (exact) mass is 247 g/mol. The molecular formula is C13H14FN3O. The standard InChI is InChI=1S/C13H14FN3O/c1-17(11-3-4-11)13(18)8-16-10-2-5-12(14)9(6-10)7-15/h2,5-6,11,16H,3-4,8H2,1H3. The van der Waals surface area contributed by atoms with Crippen LogP contribution in [0.2, 0.25) is 0 Å². The van der Waals surface area contributed by atoms with E-state index in [0.29, 0.717) is 11.7 Å². The van der Waals surface area contributed by atoms with Crippen LogP contribution in [0.4, 0.5) is 10.1 Å². The minimum Gasteiger partial charge on any atom is -0.376 e. The Labute approximate surface area is 105 Å². The van der Waals surface area contributed by atoms with Gasteiger partial charge in [0.2, 0.25) is 5.91 Å². The number of benzene rings is 1. The number of amides is 1. The van der Waals surface area contributed by atoms with E-state index in [1.54, 1.807) is 18.0 Å². The van der Waals surface area contributed by atoms with Crippen molar-refractivity contribution in [1.29, 1.82) is 5.26 Å². The van der Waals surface area contributed by atoms with Crippen LogP contribution in [0.25, 0.3) is 0 Å². The fourth-order valence-electron chi connectivity index (χ4n) is 1.69. The van der Waals surface area contributed by atoms with Crippen molar-refractivity contribution in [2.45, 2.75) is 18.9 Å². The minimum absolute atomic E-state index is 0.000308. The third kappa shape index (κ3) is 2.77. The summed E-state index contributed by atoms with van der Waals surface area (Å²) in [4.78, 5) is 13.5. The normalized spacial score (nSPS) is 13.8. The van der Waals surface area contributed by atoms with Crippen LogP contribution in [0.5, 0.6) is 0 Å². The Hall–Kier alpha value is -2.09. The van der Waals surface area contributed by atoms with E-state index in [2.05, 4.69) is 5.32 Å². The molecule has 1 amide bonds. The first-order chi connectivity index (χ1) is 8.61. The van der Waals surface area contributed by atoms with Gasteiger partial charge in [-0.3, -0.25) is 4.79 Å². The lowest BCUT2D eigenvalue weighted by molar-refractivity contribution is -0.128. The number of hydrogen-bond donors (Lipinski definition) is 1. The molecule has 1 aliphatic rings. The molecule has 1 aliphatic carbocycles. The molecular weight excluding hydrogens is 233 g/mol. The van der Waals surface area contributed by atoms with Crippen molar-refractivity contribution in [3.05, 3.63) is 29.6 Å². The van der Waals surface area contributed by atoms with E-state index in [1.807, 2.05) is 0 Å². The van der Waals surface area contributed by atoms with Crippen molar-refractivity contribution in [3.8, 4) is 6.07 Å². The van der Waals surface area contributed by atoms with Crippen LogP contribution in [0.3, 0.4) is 0 Å². The number of nitrogens with one attached hydrogen (secondary N) is 1. The number of nitrogens with zero attached hydrogens (tertiary/aromatic N) is 2. The van der Waals surface area contributed by atoms with Crippen molar-refractivity contribution in [3.63, 3.8) is 0 Å². The quantitative estimate of drug-likeness (QED) is 0.881. The molecule has 5 heteroatoms. The summed E-state index contributed by atoms with van der Waals surface area (Å²) >= 11 is 0. The predicted octanol–water partition coefficient (Wildman–Crippen LogP) is 1.73. The minimum atomic E-state index is -0.551. The molecule has 1 fully saturated rings. The van der Waals surface area contributed by atoms with E-state index in [0.717, 1.165) is 12.8 Å². The molecule has 94 valence electrons. The number of carbonyl (C=O) groups excluding carboxylic acids is 1. The molecule has 0 saturated heterocycles. The molecule has 1 N–H and O–H groups in total. The van der Waals surface area contributed by atoms with Crippen molar-refractivity contribution in [2.75, 3.05) is 18.9 Å². The summed E-state index contributed by atoms with van der Waals surface area (Å²) in [7, 11) is 1.78. The largest absolute Gasteiger partial charge is 0.376 e. The maximum Gasteiger partial charge on any atom is 0.241 e. The van der Waals surface area contributed by atoms with Crippen LogP contribution < -0.4 is 5.32 Å². The molecule has 0 aliphatic heterocycles. The topological polar surface area (TPSA) is 56.1 Å². The van der Waals surface area contributed by atoms with Crippen molar-refractivity contribution < 1.29 is 9.18 Å². The fraction of sp³-hybridized carbons (Fsp3) is 0.385. The fourth-order valence-corrected chi connectivity index (χ4v) is 1.69. The number of anilines is 1. The number of nitriles is 1. The molecule has 0 radical (unpaired) electrons. The van der Waals surface area contributed by atoms with E-state index in [-0.39, 0.29) is 18.0 Å². The zero-order valence-corrected chi connectivity index (χ0v) is 10.1. The second kappa shape index (κ2) is 5.05. The highest BCUT2D eigenvalue weighted by Crippen LogP contribution is 2.25. The van der Waals surface area contributed by atoms with Crippen molar-refractivity contribution in [2.24, 2.45) is 0 Å². The van der Waals surface area contributed by atoms with Gasteiger partial charge in [-0.05, 0) is 31.0 Å². The molecule has 1 saturated carbocycles. The van der Waals surface area contributed by atoms with Gasteiger partial charge in [0.05, 0.1) is 12.1 Å². The maximum atomic E-state index is 13.1. The molecule has 2 rings (SSSR count). The van der Waals surface area contributed by atoms with Crippen LogP contribution in [0.15, 0.2) is 18.2 Å². The number of halogens is 1. The highest BCUT2D eigenvalue weighted by molar-refractivity contribution is 5.81. The summed E-state index contributed by atoms with van der Waals surface area (Å²) in [6.07, 6.45) is 2.13. The zero-order chi connectivity index (χ0) is 13.1. The second-order valence-electron chi connectivity index (χ2n) is 4.40. The molecule has 0 heterocycles.